The maximum atomic E-state index is 11.9. The highest BCUT2D eigenvalue weighted by Gasteiger charge is 2.25. The molecule has 0 aromatic rings. The van der Waals surface area contributed by atoms with Crippen molar-refractivity contribution in [3.63, 3.8) is 0 Å². The second-order valence-corrected chi connectivity index (χ2v) is 7.86. The Morgan fingerprint density at radius 1 is 1.40 bits per heavy atom. The van der Waals surface area contributed by atoms with Crippen molar-refractivity contribution in [2.24, 2.45) is 0 Å². The van der Waals surface area contributed by atoms with Gasteiger partial charge in [-0.1, -0.05) is 0 Å². The third kappa shape index (κ3) is 6.90. The molecule has 5 nitrogen and oxygen atoms in total. The number of carbonyl (C=O) groups excluding carboxylic acids is 1. The monoisotopic (exact) mass is 324 g/mol. The number of hydrogen-bond acceptors (Lipinski definition) is 3. The molecule has 20 heavy (non-hydrogen) atoms. The molecule has 0 spiro atoms. The number of alkyl carbamates (subject to hydrolysis) is 1. The molecular formula is C13H25ClN2O3S. The van der Waals surface area contributed by atoms with Crippen molar-refractivity contribution >= 4 is 28.7 Å². The predicted octanol–water partition coefficient (Wildman–Crippen LogP) is 2.27. The average molecular weight is 325 g/mol. The molecule has 1 N–H and O–H groups in total. The number of halogens is 1. The molecule has 1 heterocycles. The number of ether oxygens (including phenoxy) is 1. The molecule has 0 aliphatic carbocycles. The SMILES string of the molecule is CC(C)(C)OC(=O)NC1CCN(S(=O)CCCCl)CC1. The lowest BCUT2D eigenvalue weighted by molar-refractivity contribution is 0.0490. The van der Waals surface area contributed by atoms with E-state index < -0.39 is 16.6 Å². The zero-order valence-corrected chi connectivity index (χ0v) is 14.1. The summed E-state index contributed by atoms with van der Waals surface area (Å²) in [4.78, 5) is 11.7. The van der Waals surface area contributed by atoms with Crippen LogP contribution in [0.15, 0.2) is 0 Å². The third-order valence-corrected chi connectivity index (χ3v) is 4.76. The molecule has 1 unspecified atom stereocenters. The summed E-state index contributed by atoms with van der Waals surface area (Å²) in [5.41, 5.74) is -0.478. The van der Waals surface area contributed by atoms with Gasteiger partial charge in [-0.2, -0.15) is 0 Å². The summed E-state index contributed by atoms with van der Waals surface area (Å²) < 4.78 is 19.1. The van der Waals surface area contributed by atoms with Crippen LogP contribution in [0.3, 0.4) is 0 Å². The summed E-state index contributed by atoms with van der Waals surface area (Å²) in [6.45, 7) is 6.99. The summed E-state index contributed by atoms with van der Waals surface area (Å²) in [5.74, 6) is 1.16. The molecule has 0 aromatic heterocycles. The molecule has 1 atom stereocenters. The highest BCUT2D eigenvalue weighted by Crippen LogP contribution is 2.14. The van der Waals surface area contributed by atoms with Crippen LogP contribution in [0.2, 0.25) is 0 Å². The Balaban J connectivity index is 2.28. The summed E-state index contributed by atoms with van der Waals surface area (Å²) in [6, 6.07) is 0.103. The second kappa shape index (κ2) is 8.20. The van der Waals surface area contributed by atoms with Gasteiger partial charge in [0.15, 0.2) is 0 Å². The van der Waals surface area contributed by atoms with E-state index in [1.165, 1.54) is 0 Å². The Labute approximate surface area is 129 Å². The molecule has 7 heteroatoms. The topological polar surface area (TPSA) is 58.6 Å². The lowest BCUT2D eigenvalue weighted by Crippen LogP contribution is -2.46. The molecule has 0 radical (unpaired) electrons. The Morgan fingerprint density at radius 2 is 2.00 bits per heavy atom. The zero-order valence-electron chi connectivity index (χ0n) is 12.5. The average Bonchev–Trinajstić information content (AvgIpc) is 2.34. The number of hydrogen-bond donors (Lipinski definition) is 1. The lowest BCUT2D eigenvalue weighted by Gasteiger charge is -2.31. The van der Waals surface area contributed by atoms with Crippen molar-refractivity contribution in [3.8, 4) is 0 Å². The van der Waals surface area contributed by atoms with Gasteiger partial charge in [-0.3, -0.25) is 0 Å². The van der Waals surface area contributed by atoms with E-state index in [-0.39, 0.29) is 12.1 Å². The molecule has 0 bridgehead atoms. The molecule has 118 valence electrons. The third-order valence-electron chi connectivity index (χ3n) is 2.92. The second-order valence-electron chi connectivity index (χ2n) is 5.92. The van der Waals surface area contributed by atoms with Crippen molar-refractivity contribution in [2.75, 3.05) is 24.7 Å². The fraction of sp³-hybridized carbons (Fsp3) is 0.923. The minimum Gasteiger partial charge on any atom is -0.444 e. The van der Waals surface area contributed by atoms with E-state index in [0.29, 0.717) is 11.6 Å². The van der Waals surface area contributed by atoms with Gasteiger partial charge in [0.1, 0.15) is 5.60 Å². The Morgan fingerprint density at radius 3 is 2.50 bits per heavy atom. The normalized spacial score (nSPS) is 19.6. The standard InChI is InChI=1S/C13H25ClN2O3S/c1-13(2,3)19-12(17)15-11-5-8-16(9-6-11)20(18)10-4-7-14/h11H,4-10H2,1-3H3,(H,15,17). The van der Waals surface area contributed by atoms with Crippen LogP contribution in [-0.2, 0) is 15.7 Å². The summed E-state index contributed by atoms with van der Waals surface area (Å²) in [7, 11) is -0.945. The van der Waals surface area contributed by atoms with E-state index >= 15 is 0 Å². The van der Waals surface area contributed by atoms with Crippen LogP contribution in [0.5, 0.6) is 0 Å². The Kier molecular flexibility index (Phi) is 7.26. The van der Waals surface area contributed by atoms with Crippen molar-refractivity contribution in [1.29, 1.82) is 0 Å². The smallest absolute Gasteiger partial charge is 0.407 e. The van der Waals surface area contributed by atoms with Crippen molar-refractivity contribution in [1.82, 2.24) is 9.62 Å². The quantitative estimate of drug-likeness (QED) is 0.789. The lowest BCUT2D eigenvalue weighted by atomic mass is 10.1. The molecule has 1 aliphatic rings. The first-order valence-corrected chi connectivity index (χ1v) is 8.82. The number of rotatable bonds is 5. The van der Waals surface area contributed by atoms with E-state index in [1.807, 2.05) is 25.1 Å². The van der Waals surface area contributed by atoms with Gasteiger partial charge in [-0.25, -0.2) is 13.3 Å². The van der Waals surface area contributed by atoms with Gasteiger partial charge in [0, 0.05) is 30.8 Å². The number of alkyl halides is 1. The molecular weight excluding hydrogens is 300 g/mol. The summed E-state index contributed by atoms with van der Waals surface area (Å²) in [5, 5.41) is 2.87. The van der Waals surface area contributed by atoms with Crippen LogP contribution in [0.4, 0.5) is 4.79 Å². The van der Waals surface area contributed by atoms with Gasteiger partial charge in [0.2, 0.25) is 0 Å². The van der Waals surface area contributed by atoms with Gasteiger partial charge in [-0.15, -0.1) is 11.6 Å². The molecule has 1 rings (SSSR count). The van der Waals surface area contributed by atoms with Crippen LogP contribution < -0.4 is 5.32 Å². The zero-order chi connectivity index (χ0) is 15.2. The van der Waals surface area contributed by atoms with Crippen LogP contribution in [-0.4, -0.2) is 51.0 Å². The Bertz CT molecular complexity index is 339. The van der Waals surface area contributed by atoms with Crippen molar-refractivity contribution in [3.05, 3.63) is 0 Å². The first-order valence-electron chi connectivity index (χ1n) is 7.01. The van der Waals surface area contributed by atoms with Gasteiger partial charge < -0.3 is 10.1 Å². The number of amides is 1. The van der Waals surface area contributed by atoms with E-state index in [1.54, 1.807) is 0 Å². The number of nitrogens with one attached hydrogen (secondary N) is 1. The van der Waals surface area contributed by atoms with Gasteiger partial charge in [-0.05, 0) is 40.0 Å². The fourth-order valence-electron chi connectivity index (χ4n) is 1.99. The summed E-state index contributed by atoms with van der Waals surface area (Å²) in [6.07, 6.45) is 1.99. The van der Waals surface area contributed by atoms with E-state index in [2.05, 4.69) is 5.32 Å². The number of carbonyl (C=O) groups is 1. The van der Waals surface area contributed by atoms with E-state index in [0.717, 1.165) is 32.4 Å². The molecule has 1 saturated heterocycles. The van der Waals surface area contributed by atoms with Gasteiger partial charge >= 0.3 is 6.09 Å². The van der Waals surface area contributed by atoms with Crippen LogP contribution in [0, 0.1) is 0 Å². The maximum Gasteiger partial charge on any atom is 0.407 e. The van der Waals surface area contributed by atoms with Crippen LogP contribution in [0.25, 0.3) is 0 Å². The fourth-order valence-corrected chi connectivity index (χ4v) is 3.54. The number of nitrogens with zero attached hydrogens (tertiary/aromatic N) is 1. The van der Waals surface area contributed by atoms with Gasteiger partial charge in [0.05, 0.1) is 11.0 Å². The van der Waals surface area contributed by atoms with E-state index in [4.69, 9.17) is 16.3 Å². The summed E-state index contributed by atoms with van der Waals surface area (Å²) >= 11 is 5.60. The molecule has 1 amide bonds. The highest BCUT2D eigenvalue weighted by molar-refractivity contribution is 7.82. The minimum atomic E-state index is -0.945. The molecule has 1 aliphatic heterocycles. The Hall–Kier alpha value is -0.330. The first kappa shape index (κ1) is 17.7. The highest BCUT2D eigenvalue weighted by atomic mass is 35.5. The van der Waals surface area contributed by atoms with Crippen LogP contribution in [0.1, 0.15) is 40.0 Å². The number of piperidine rings is 1. The first-order chi connectivity index (χ1) is 9.31. The minimum absolute atomic E-state index is 0.103. The molecule has 0 saturated carbocycles. The van der Waals surface area contributed by atoms with Gasteiger partial charge in [0.25, 0.3) is 0 Å². The largest absolute Gasteiger partial charge is 0.444 e. The van der Waals surface area contributed by atoms with Crippen molar-refractivity contribution < 1.29 is 13.7 Å². The molecule has 0 aromatic carbocycles. The molecule has 1 fully saturated rings. The predicted molar refractivity (Wildman–Crippen MR) is 82.3 cm³/mol. The van der Waals surface area contributed by atoms with Crippen LogP contribution >= 0.6 is 11.6 Å². The maximum absolute atomic E-state index is 11.9. The van der Waals surface area contributed by atoms with E-state index in [9.17, 15) is 9.00 Å². The van der Waals surface area contributed by atoms with Crippen molar-refractivity contribution in [2.45, 2.75) is 51.7 Å².